The zero-order valence-electron chi connectivity index (χ0n) is 14.1. The van der Waals surface area contributed by atoms with Crippen molar-refractivity contribution in [2.45, 2.75) is 23.8 Å². The predicted molar refractivity (Wildman–Crippen MR) is 96.6 cm³/mol. The van der Waals surface area contributed by atoms with Crippen LogP contribution < -0.4 is 9.46 Å². The van der Waals surface area contributed by atoms with Crippen molar-refractivity contribution in [2.24, 2.45) is 0 Å². The molecule has 134 valence electrons. The van der Waals surface area contributed by atoms with Crippen LogP contribution >= 0.6 is 11.3 Å². The minimum atomic E-state index is -3.72. The number of benzene rings is 1. The largest absolute Gasteiger partial charge is 0.495 e. The molecule has 3 rings (SSSR count). The van der Waals surface area contributed by atoms with Gasteiger partial charge in [0.15, 0.2) is 0 Å². The molecule has 1 unspecified atom stereocenters. The molecule has 1 aliphatic heterocycles. The summed E-state index contributed by atoms with van der Waals surface area (Å²) < 4.78 is 31.8. The Hall–Kier alpha value is -1.90. The molecule has 25 heavy (non-hydrogen) atoms. The van der Waals surface area contributed by atoms with Gasteiger partial charge in [0.05, 0.1) is 13.2 Å². The van der Waals surface area contributed by atoms with E-state index in [9.17, 15) is 13.2 Å². The van der Waals surface area contributed by atoms with E-state index >= 15 is 0 Å². The van der Waals surface area contributed by atoms with Crippen molar-refractivity contribution in [3.8, 4) is 5.75 Å². The van der Waals surface area contributed by atoms with Gasteiger partial charge in [0.1, 0.15) is 10.6 Å². The lowest BCUT2D eigenvalue weighted by Gasteiger charge is -2.24. The van der Waals surface area contributed by atoms with Crippen LogP contribution in [0.4, 0.5) is 0 Å². The highest BCUT2D eigenvalue weighted by molar-refractivity contribution is 7.89. The lowest BCUT2D eigenvalue weighted by Crippen LogP contribution is -2.30. The molecule has 0 saturated carbocycles. The molecule has 1 amide bonds. The summed E-state index contributed by atoms with van der Waals surface area (Å²) in [6.07, 6.45) is 1.86. The van der Waals surface area contributed by atoms with Crippen molar-refractivity contribution >= 4 is 27.3 Å². The number of sulfonamides is 1. The normalized spacial score (nSPS) is 17.7. The van der Waals surface area contributed by atoms with Gasteiger partial charge in [0.25, 0.3) is 5.91 Å². The maximum atomic E-state index is 13.0. The van der Waals surface area contributed by atoms with Crippen molar-refractivity contribution in [3.05, 3.63) is 46.2 Å². The molecule has 1 aromatic heterocycles. The fraction of sp³-hybridized carbons (Fsp3) is 0.353. The lowest BCUT2D eigenvalue weighted by molar-refractivity contribution is 0.0737. The number of thiophene rings is 1. The van der Waals surface area contributed by atoms with Gasteiger partial charge in [0, 0.05) is 17.0 Å². The van der Waals surface area contributed by atoms with E-state index in [1.54, 1.807) is 17.4 Å². The molecule has 8 heteroatoms. The first-order chi connectivity index (χ1) is 12.0. The zero-order chi connectivity index (χ0) is 18.0. The van der Waals surface area contributed by atoms with Crippen molar-refractivity contribution in [1.82, 2.24) is 9.62 Å². The molecule has 2 heterocycles. The minimum Gasteiger partial charge on any atom is -0.495 e. The molecular formula is C17H20N2O4S2. The van der Waals surface area contributed by atoms with Crippen LogP contribution in [-0.4, -0.2) is 39.9 Å². The third-order valence-electron chi connectivity index (χ3n) is 4.35. The Kier molecular flexibility index (Phi) is 5.12. The number of hydrogen-bond acceptors (Lipinski definition) is 5. The van der Waals surface area contributed by atoms with E-state index in [0.29, 0.717) is 12.1 Å². The highest BCUT2D eigenvalue weighted by Gasteiger charge is 2.32. The number of carbonyl (C=O) groups excluding carboxylic acids is 1. The van der Waals surface area contributed by atoms with Crippen LogP contribution in [0.2, 0.25) is 0 Å². The van der Waals surface area contributed by atoms with Gasteiger partial charge in [-0.15, -0.1) is 11.3 Å². The number of ether oxygens (including phenoxy) is 1. The average molecular weight is 380 g/mol. The maximum absolute atomic E-state index is 13.0. The second kappa shape index (κ2) is 7.15. The van der Waals surface area contributed by atoms with Crippen molar-refractivity contribution in [1.29, 1.82) is 0 Å². The SMILES string of the molecule is CNS(=O)(=O)c1cc(C(=O)N2CCCC2c2cccs2)ccc1OC. The fourth-order valence-corrected chi connectivity index (χ4v) is 4.87. The van der Waals surface area contributed by atoms with Crippen LogP contribution in [0, 0.1) is 0 Å². The van der Waals surface area contributed by atoms with Crippen LogP contribution in [0.3, 0.4) is 0 Å². The molecule has 0 aliphatic carbocycles. The third kappa shape index (κ3) is 3.42. The molecule has 1 aliphatic rings. The number of nitrogens with one attached hydrogen (secondary N) is 1. The van der Waals surface area contributed by atoms with Gasteiger partial charge in [-0.2, -0.15) is 0 Å². The summed E-state index contributed by atoms with van der Waals surface area (Å²) in [6, 6.07) is 8.58. The summed E-state index contributed by atoms with van der Waals surface area (Å²) in [6.45, 7) is 0.668. The first kappa shape index (κ1) is 17.9. The number of rotatable bonds is 5. The molecule has 2 aromatic rings. The van der Waals surface area contributed by atoms with E-state index in [1.807, 2.05) is 22.4 Å². The number of amides is 1. The summed E-state index contributed by atoms with van der Waals surface area (Å²) in [7, 11) is -0.989. The molecular weight excluding hydrogens is 360 g/mol. The summed E-state index contributed by atoms with van der Waals surface area (Å²) >= 11 is 1.63. The van der Waals surface area contributed by atoms with E-state index in [-0.39, 0.29) is 22.6 Å². The van der Waals surface area contributed by atoms with Gasteiger partial charge < -0.3 is 9.64 Å². The van der Waals surface area contributed by atoms with E-state index < -0.39 is 10.0 Å². The topological polar surface area (TPSA) is 75.7 Å². The van der Waals surface area contributed by atoms with Crippen molar-refractivity contribution in [2.75, 3.05) is 20.7 Å². The standard InChI is InChI=1S/C17H20N2O4S2/c1-18-25(21,22)16-11-12(7-8-14(16)23-2)17(20)19-9-3-5-13(19)15-6-4-10-24-15/h4,6-8,10-11,13,18H,3,5,9H2,1-2H3. The molecule has 0 bridgehead atoms. The minimum absolute atomic E-state index is 0.0322. The molecule has 1 saturated heterocycles. The predicted octanol–water partition coefficient (Wildman–Crippen LogP) is 2.64. The van der Waals surface area contributed by atoms with E-state index in [1.165, 1.54) is 26.3 Å². The number of hydrogen-bond donors (Lipinski definition) is 1. The summed E-state index contributed by atoms with van der Waals surface area (Å²) in [5.41, 5.74) is 0.345. The van der Waals surface area contributed by atoms with Gasteiger partial charge >= 0.3 is 0 Å². The Labute approximate surface area is 151 Å². The molecule has 0 radical (unpaired) electrons. The average Bonchev–Trinajstić information content (AvgIpc) is 3.31. The first-order valence-corrected chi connectivity index (χ1v) is 10.3. The fourth-order valence-electron chi connectivity index (χ4n) is 3.08. The van der Waals surface area contributed by atoms with Gasteiger partial charge in [-0.05, 0) is 49.5 Å². The number of methoxy groups -OCH3 is 1. The Morgan fingerprint density at radius 1 is 1.36 bits per heavy atom. The smallest absolute Gasteiger partial charge is 0.254 e. The van der Waals surface area contributed by atoms with Gasteiger partial charge in [-0.25, -0.2) is 13.1 Å². The Bertz CT molecular complexity index is 863. The van der Waals surface area contributed by atoms with Crippen LogP contribution in [0.25, 0.3) is 0 Å². The number of nitrogens with zero attached hydrogens (tertiary/aromatic N) is 1. The van der Waals surface area contributed by atoms with Gasteiger partial charge in [0.2, 0.25) is 10.0 Å². The summed E-state index contributed by atoms with van der Waals surface area (Å²) in [5, 5.41) is 2.00. The van der Waals surface area contributed by atoms with Crippen LogP contribution in [0.1, 0.15) is 34.1 Å². The molecule has 6 nitrogen and oxygen atoms in total. The number of carbonyl (C=O) groups is 1. The van der Waals surface area contributed by atoms with E-state index in [4.69, 9.17) is 4.74 Å². The Morgan fingerprint density at radius 2 is 2.16 bits per heavy atom. The molecule has 1 N–H and O–H groups in total. The maximum Gasteiger partial charge on any atom is 0.254 e. The van der Waals surface area contributed by atoms with Crippen LogP contribution in [0.5, 0.6) is 5.75 Å². The van der Waals surface area contributed by atoms with E-state index in [2.05, 4.69) is 4.72 Å². The van der Waals surface area contributed by atoms with Crippen molar-refractivity contribution in [3.63, 3.8) is 0 Å². The van der Waals surface area contributed by atoms with Gasteiger partial charge in [-0.1, -0.05) is 6.07 Å². The summed E-state index contributed by atoms with van der Waals surface area (Å²) in [5.74, 6) is 0.0493. The van der Waals surface area contributed by atoms with Crippen LogP contribution in [-0.2, 0) is 10.0 Å². The molecule has 1 aromatic carbocycles. The highest BCUT2D eigenvalue weighted by atomic mass is 32.2. The summed E-state index contributed by atoms with van der Waals surface area (Å²) in [4.78, 5) is 15.9. The number of likely N-dealkylation sites (tertiary alicyclic amines) is 1. The monoisotopic (exact) mass is 380 g/mol. The molecule has 0 spiro atoms. The molecule has 1 fully saturated rings. The Morgan fingerprint density at radius 3 is 2.80 bits per heavy atom. The first-order valence-electron chi connectivity index (χ1n) is 7.94. The second-order valence-electron chi connectivity index (χ2n) is 5.75. The Balaban J connectivity index is 1.96. The second-order valence-corrected chi connectivity index (χ2v) is 8.58. The van der Waals surface area contributed by atoms with E-state index in [0.717, 1.165) is 17.7 Å². The lowest BCUT2D eigenvalue weighted by atomic mass is 10.1. The zero-order valence-corrected chi connectivity index (χ0v) is 15.7. The quantitative estimate of drug-likeness (QED) is 0.865. The highest BCUT2D eigenvalue weighted by Crippen LogP contribution is 2.36. The van der Waals surface area contributed by atoms with Gasteiger partial charge in [-0.3, -0.25) is 4.79 Å². The van der Waals surface area contributed by atoms with Crippen LogP contribution in [0.15, 0.2) is 40.6 Å². The third-order valence-corrected chi connectivity index (χ3v) is 6.76. The molecule has 1 atom stereocenters. The van der Waals surface area contributed by atoms with Crippen molar-refractivity contribution < 1.29 is 17.9 Å².